The Labute approximate surface area is 464 Å². The molecule has 0 aliphatic rings. The SMILES string of the molecule is CC/C=C\C/C=C\C/C=C\C/C=C\C/C=C\C/C=C\C/C=C\CCCCCCCCCCCC(=O)OCC(COC(=O)CCCCCCC)OC(=O)CCCCCCCCCCC/C=C\CCCCCCCCCC. The van der Waals surface area contributed by atoms with Crippen molar-refractivity contribution in [2.24, 2.45) is 0 Å². The second-order valence-corrected chi connectivity index (χ2v) is 20.9. The van der Waals surface area contributed by atoms with Crippen molar-refractivity contribution in [1.29, 1.82) is 0 Å². The molecule has 1 atom stereocenters. The maximum absolute atomic E-state index is 12.8. The average Bonchev–Trinajstić information content (AvgIpc) is 3.41. The van der Waals surface area contributed by atoms with Crippen molar-refractivity contribution in [3.63, 3.8) is 0 Å². The predicted molar refractivity (Wildman–Crippen MR) is 325 cm³/mol. The fourth-order valence-corrected chi connectivity index (χ4v) is 8.83. The lowest BCUT2D eigenvalue weighted by atomic mass is 10.1. The highest BCUT2D eigenvalue weighted by Crippen LogP contribution is 2.16. The number of carbonyl (C=O) groups is 3. The van der Waals surface area contributed by atoms with E-state index in [4.69, 9.17) is 14.2 Å². The minimum atomic E-state index is -0.778. The minimum absolute atomic E-state index is 0.0792. The Morgan fingerprint density at radius 1 is 0.280 bits per heavy atom. The van der Waals surface area contributed by atoms with Crippen molar-refractivity contribution in [3.05, 3.63) is 97.2 Å². The number of carbonyl (C=O) groups excluding carboxylic acids is 3. The zero-order chi connectivity index (χ0) is 54.3. The van der Waals surface area contributed by atoms with Gasteiger partial charge in [0.05, 0.1) is 0 Å². The second-order valence-electron chi connectivity index (χ2n) is 20.9. The monoisotopic (exact) mass is 1040 g/mol. The quantitative estimate of drug-likeness (QED) is 0.0261. The first-order chi connectivity index (χ1) is 37.0. The summed E-state index contributed by atoms with van der Waals surface area (Å²) in [5.74, 6) is -0.894. The molecule has 0 aliphatic heterocycles. The summed E-state index contributed by atoms with van der Waals surface area (Å²) < 4.78 is 16.8. The average molecular weight is 1040 g/mol. The number of hydrogen-bond acceptors (Lipinski definition) is 6. The van der Waals surface area contributed by atoms with Gasteiger partial charge in [-0.05, 0) is 103 Å². The van der Waals surface area contributed by atoms with Gasteiger partial charge in [0.15, 0.2) is 6.10 Å². The predicted octanol–water partition coefficient (Wildman–Crippen LogP) is 21.7. The number of rotatable bonds is 57. The van der Waals surface area contributed by atoms with Gasteiger partial charge in [-0.15, -0.1) is 0 Å². The van der Waals surface area contributed by atoms with E-state index >= 15 is 0 Å². The standard InChI is InChI=1S/C69H118O6/c1-4-7-10-13-15-17-19-21-23-25-27-29-30-31-32-33-34-35-36-37-38-40-41-43-45-47-49-51-53-56-59-62-68(71)74-65-66(64-73-67(70)61-58-55-12-9-6-3)75-69(72)63-60-57-54-52-50-48-46-44-42-39-28-26-24-22-20-18-16-14-11-8-5-2/h7,10,15,17,21,23,26-29,31-32,34-35,37-38,66H,4-6,8-9,11-14,16,18-20,22,24-25,30,33,36,39-65H2,1-3H3/b10-7-,17-15-,23-21-,28-26-,29-27-,32-31-,35-34-,38-37-. The van der Waals surface area contributed by atoms with Gasteiger partial charge in [-0.2, -0.15) is 0 Å². The lowest BCUT2D eigenvalue weighted by molar-refractivity contribution is -0.167. The third kappa shape index (κ3) is 61.1. The summed E-state index contributed by atoms with van der Waals surface area (Å²) in [5, 5.41) is 0. The number of unbranched alkanes of at least 4 members (excludes halogenated alkanes) is 30. The van der Waals surface area contributed by atoms with E-state index in [0.717, 1.165) is 116 Å². The van der Waals surface area contributed by atoms with E-state index in [2.05, 4.69) is 118 Å². The molecule has 6 nitrogen and oxygen atoms in total. The van der Waals surface area contributed by atoms with Crippen LogP contribution in [-0.2, 0) is 28.6 Å². The molecule has 0 spiro atoms. The van der Waals surface area contributed by atoms with E-state index < -0.39 is 6.10 Å². The topological polar surface area (TPSA) is 78.9 Å². The number of allylic oxidation sites excluding steroid dienone is 16. The highest BCUT2D eigenvalue weighted by atomic mass is 16.6. The smallest absolute Gasteiger partial charge is 0.306 e. The van der Waals surface area contributed by atoms with Gasteiger partial charge in [0.2, 0.25) is 0 Å². The molecular formula is C69H118O6. The van der Waals surface area contributed by atoms with Crippen LogP contribution < -0.4 is 0 Å². The fourth-order valence-electron chi connectivity index (χ4n) is 8.83. The molecule has 0 heterocycles. The van der Waals surface area contributed by atoms with Gasteiger partial charge in [0.1, 0.15) is 13.2 Å². The van der Waals surface area contributed by atoms with Crippen LogP contribution in [0.4, 0.5) is 0 Å². The van der Waals surface area contributed by atoms with Crippen molar-refractivity contribution in [3.8, 4) is 0 Å². The minimum Gasteiger partial charge on any atom is -0.462 e. The Hall–Kier alpha value is -3.67. The summed E-state index contributed by atoms with van der Waals surface area (Å²) >= 11 is 0. The van der Waals surface area contributed by atoms with Crippen LogP contribution in [0.5, 0.6) is 0 Å². The van der Waals surface area contributed by atoms with Gasteiger partial charge >= 0.3 is 17.9 Å². The van der Waals surface area contributed by atoms with Gasteiger partial charge in [0.25, 0.3) is 0 Å². The second kappa shape index (κ2) is 62.9. The maximum Gasteiger partial charge on any atom is 0.306 e. The Bertz CT molecular complexity index is 1480. The van der Waals surface area contributed by atoms with E-state index in [-0.39, 0.29) is 31.1 Å². The van der Waals surface area contributed by atoms with Crippen LogP contribution in [0.15, 0.2) is 97.2 Å². The lowest BCUT2D eigenvalue weighted by Gasteiger charge is -2.18. The van der Waals surface area contributed by atoms with Gasteiger partial charge in [-0.1, -0.05) is 279 Å². The number of ether oxygens (including phenoxy) is 3. The lowest BCUT2D eigenvalue weighted by Crippen LogP contribution is -2.30. The summed E-state index contributed by atoms with van der Waals surface area (Å²) in [4.78, 5) is 37.9. The van der Waals surface area contributed by atoms with Crippen LogP contribution >= 0.6 is 0 Å². The molecule has 0 aromatic carbocycles. The normalized spacial score (nSPS) is 12.7. The molecule has 75 heavy (non-hydrogen) atoms. The molecule has 1 unspecified atom stereocenters. The maximum atomic E-state index is 12.8. The Kier molecular flexibility index (Phi) is 59.8. The first-order valence-electron chi connectivity index (χ1n) is 31.7. The molecule has 0 bridgehead atoms. The van der Waals surface area contributed by atoms with E-state index in [0.29, 0.717) is 19.3 Å². The Balaban J connectivity index is 4.06. The van der Waals surface area contributed by atoms with Crippen LogP contribution in [0.3, 0.4) is 0 Å². The zero-order valence-electron chi connectivity index (χ0n) is 49.3. The highest BCUT2D eigenvalue weighted by molar-refractivity contribution is 5.71. The van der Waals surface area contributed by atoms with Crippen LogP contribution in [0, 0.1) is 0 Å². The summed E-state index contributed by atoms with van der Waals surface area (Å²) in [6, 6.07) is 0. The van der Waals surface area contributed by atoms with E-state index in [1.165, 1.54) is 148 Å². The van der Waals surface area contributed by atoms with Crippen molar-refractivity contribution in [1.82, 2.24) is 0 Å². The highest BCUT2D eigenvalue weighted by Gasteiger charge is 2.19. The first-order valence-corrected chi connectivity index (χ1v) is 31.7. The Morgan fingerprint density at radius 2 is 0.520 bits per heavy atom. The van der Waals surface area contributed by atoms with Crippen molar-refractivity contribution >= 4 is 17.9 Å². The zero-order valence-corrected chi connectivity index (χ0v) is 49.3. The summed E-state index contributed by atoms with van der Waals surface area (Å²) in [6.07, 6.45) is 84.6. The van der Waals surface area contributed by atoms with Gasteiger partial charge in [-0.25, -0.2) is 0 Å². The molecule has 0 aromatic heterocycles. The number of hydrogen-bond donors (Lipinski definition) is 0. The van der Waals surface area contributed by atoms with Crippen LogP contribution in [0.25, 0.3) is 0 Å². The summed E-state index contributed by atoms with van der Waals surface area (Å²) in [5.41, 5.74) is 0. The van der Waals surface area contributed by atoms with Crippen molar-refractivity contribution < 1.29 is 28.6 Å². The van der Waals surface area contributed by atoms with Crippen molar-refractivity contribution in [2.45, 2.75) is 309 Å². The molecule has 0 amide bonds. The molecule has 0 saturated carbocycles. The first kappa shape index (κ1) is 71.3. The summed E-state index contributed by atoms with van der Waals surface area (Å²) in [7, 11) is 0. The molecule has 0 N–H and O–H groups in total. The molecule has 0 rings (SSSR count). The van der Waals surface area contributed by atoms with E-state index in [9.17, 15) is 14.4 Å². The van der Waals surface area contributed by atoms with Gasteiger partial charge < -0.3 is 14.2 Å². The molecule has 430 valence electrons. The van der Waals surface area contributed by atoms with Gasteiger partial charge in [0, 0.05) is 19.3 Å². The van der Waals surface area contributed by atoms with E-state index in [1.807, 2.05) is 0 Å². The molecule has 0 saturated heterocycles. The van der Waals surface area contributed by atoms with Crippen molar-refractivity contribution in [2.75, 3.05) is 13.2 Å². The largest absolute Gasteiger partial charge is 0.462 e. The molecule has 0 fully saturated rings. The molecule has 0 aliphatic carbocycles. The summed E-state index contributed by atoms with van der Waals surface area (Å²) in [6.45, 7) is 6.46. The third-order valence-electron chi connectivity index (χ3n) is 13.6. The number of esters is 3. The molecule has 0 radical (unpaired) electrons. The van der Waals surface area contributed by atoms with Crippen LogP contribution in [-0.4, -0.2) is 37.2 Å². The third-order valence-corrected chi connectivity index (χ3v) is 13.6. The molecule has 0 aromatic rings. The molecule has 6 heteroatoms. The van der Waals surface area contributed by atoms with Gasteiger partial charge in [-0.3, -0.25) is 14.4 Å². The van der Waals surface area contributed by atoms with E-state index in [1.54, 1.807) is 0 Å². The van der Waals surface area contributed by atoms with Crippen LogP contribution in [0.1, 0.15) is 303 Å². The fraction of sp³-hybridized carbons (Fsp3) is 0.725. The van der Waals surface area contributed by atoms with Crippen LogP contribution in [0.2, 0.25) is 0 Å². The molecular weight excluding hydrogens is 925 g/mol. The Morgan fingerprint density at radius 3 is 0.827 bits per heavy atom.